The van der Waals surface area contributed by atoms with Crippen molar-refractivity contribution in [1.29, 1.82) is 0 Å². The molecule has 0 aliphatic heterocycles. The van der Waals surface area contributed by atoms with Gasteiger partial charge in [0, 0.05) is 32.9 Å². The van der Waals surface area contributed by atoms with Crippen LogP contribution in [0.25, 0.3) is 0 Å². The normalized spacial score (nSPS) is 11.9. The van der Waals surface area contributed by atoms with E-state index in [1.165, 1.54) is 161 Å². The largest absolute Gasteiger partial charge is 0.377 e. The summed E-state index contributed by atoms with van der Waals surface area (Å²) in [5, 5.41) is 10.0. The minimum atomic E-state index is -0.269. The van der Waals surface area contributed by atoms with Crippen molar-refractivity contribution in [3.63, 3.8) is 0 Å². The molecular formula is C43H84N4O. The molecule has 1 unspecified atom stereocenters. The predicted molar refractivity (Wildman–Crippen MR) is 214 cm³/mol. The van der Waals surface area contributed by atoms with Gasteiger partial charge in [-0.05, 0) is 51.4 Å². The van der Waals surface area contributed by atoms with E-state index in [2.05, 4.69) is 55.1 Å². The van der Waals surface area contributed by atoms with Crippen molar-refractivity contribution in [2.24, 2.45) is 0 Å². The van der Waals surface area contributed by atoms with Gasteiger partial charge in [0.25, 0.3) is 0 Å². The Bertz CT molecular complexity index is 762. The number of nitrogens with one attached hydrogen (secondary N) is 3. The second-order valence-corrected chi connectivity index (χ2v) is 14.6. The molecule has 0 aliphatic rings. The zero-order valence-electron chi connectivity index (χ0n) is 32.9. The summed E-state index contributed by atoms with van der Waals surface area (Å²) in [6, 6.07) is -0.269. The molecule has 0 saturated carbocycles. The van der Waals surface area contributed by atoms with Crippen molar-refractivity contribution in [1.82, 2.24) is 20.9 Å². The van der Waals surface area contributed by atoms with E-state index in [-0.39, 0.29) is 11.9 Å². The summed E-state index contributed by atoms with van der Waals surface area (Å²) in [4.78, 5) is 15.1. The molecule has 3 N–H and O–H groups in total. The smallest absolute Gasteiger partial charge is 0.242 e. The van der Waals surface area contributed by atoms with Crippen LogP contribution in [0.1, 0.15) is 200 Å². The van der Waals surface area contributed by atoms with Gasteiger partial charge in [0.1, 0.15) is 6.04 Å². The maximum absolute atomic E-state index is 13.2. The third-order valence-electron chi connectivity index (χ3n) is 9.57. The molecule has 0 spiro atoms. The van der Waals surface area contributed by atoms with Gasteiger partial charge in [0.2, 0.25) is 5.91 Å². The quantitative estimate of drug-likeness (QED) is 0.0451. The fraction of sp³-hybridized carbons (Fsp3) is 0.837. The van der Waals surface area contributed by atoms with E-state index < -0.39 is 0 Å². The summed E-state index contributed by atoms with van der Waals surface area (Å²) in [5.41, 5.74) is 0.982. The Morgan fingerprint density at radius 2 is 0.979 bits per heavy atom. The van der Waals surface area contributed by atoms with Crippen molar-refractivity contribution < 1.29 is 4.79 Å². The molecule has 5 heteroatoms. The maximum Gasteiger partial charge on any atom is 0.242 e. The first-order valence-corrected chi connectivity index (χ1v) is 20.9. The van der Waals surface area contributed by atoms with Crippen LogP contribution in [-0.4, -0.2) is 44.0 Å². The van der Waals surface area contributed by atoms with E-state index in [1.54, 1.807) is 0 Å². The van der Waals surface area contributed by atoms with Crippen molar-refractivity contribution in [2.45, 2.75) is 206 Å². The number of allylic oxidation sites excluding steroid dienone is 3. The molecule has 0 bridgehead atoms. The molecule has 0 aromatic rings. The molecule has 0 rings (SSSR count). The number of rotatable bonds is 38. The summed E-state index contributed by atoms with van der Waals surface area (Å²) in [5.74, 6) is 0.955. The zero-order valence-corrected chi connectivity index (χ0v) is 32.9. The number of hydrogen-bond donors (Lipinski definition) is 3. The third kappa shape index (κ3) is 32.6. The zero-order chi connectivity index (χ0) is 35.3. The van der Waals surface area contributed by atoms with Gasteiger partial charge in [-0.1, -0.05) is 174 Å². The van der Waals surface area contributed by atoms with Gasteiger partial charge < -0.3 is 20.9 Å². The highest BCUT2D eigenvalue weighted by Crippen LogP contribution is 2.14. The highest BCUT2D eigenvalue weighted by atomic mass is 16.2. The average Bonchev–Trinajstić information content (AvgIpc) is 3.07. The summed E-state index contributed by atoms with van der Waals surface area (Å²) >= 11 is 0. The maximum atomic E-state index is 13.2. The fourth-order valence-electron chi connectivity index (χ4n) is 6.17. The molecule has 1 amide bonds. The lowest BCUT2D eigenvalue weighted by molar-refractivity contribution is -0.123. The highest BCUT2D eigenvalue weighted by molar-refractivity contribution is 5.81. The molecule has 0 aromatic heterocycles. The Hall–Kier alpha value is -1.91. The standard InChI is InChI=1S/C43H84N4O/c1-7-9-11-13-15-17-19-21-23-24-26-28-30-32-34-36-40(3)46-42(37-39-44-41(4)47(5)6)43(48)45-38-35-33-31-29-27-25-22-20-18-16-14-12-10-8-2/h21,23,42,44,46H,3-4,7-20,22,24-39H2,1-2,5-6H3,(H,45,48)/b23-21+. The van der Waals surface area contributed by atoms with E-state index in [9.17, 15) is 4.79 Å². The number of amides is 1. The first-order valence-electron chi connectivity index (χ1n) is 20.9. The number of hydrogen-bond acceptors (Lipinski definition) is 4. The van der Waals surface area contributed by atoms with Gasteiger partial charge in [0.05, 0.1) is 5.82 Å². The number of unbranched alkanes of at least 4 members (excludes halogenated alkanes) is 24. The van der Waals surface area contributed by atoms with Gasteiger partial charge in [-0.3, -0.25) is 4.79 Å². The van der Waals surface area contributed by atoms with E-state index in [0.717, 1.165) is 37.3 Å². The Morgan fingerprint density at radius 1 is 0.562 bits per heavy atom. The molecule has 0 aliphatic carbocycles. The molecule has 5 nitrogen and oxygen atoms in total. The van der Waals surface area contributed by atoms with Crippen LogP contribution in [0.4, 0.5) is 0 Å². The molecule has 0 saturated heterocycles. The second-order valence-electron chi connectivity index (χ2n) is 14.6. The van der Waals surface area contributed by atoms with E-state index in [4.69, 9.17) is 0 Å². The molecule has 0 fully saturated rings. The molecule has 282 valence electrons. The first kappa shape index (κ1) is 46.1. The van der Waals surface area contributed by atoms with Crippen LogP contribution >= 0.6 is 0 Å². The molecule has 0 heterocycles. The lowest BCUT2D eigenvalue weighted by Crippen LogP contribution is -2.45. The SMILES string of the molecule is C=C(CCCCCCC/C=C/CCCCCCCC)NC(CCNC(=C)N(C)C)C(=O)NCCCCCCCCCCCCCCCC. The molecule has 0 radical (unpaired) electrons. The van der Waals surface area contributed by atoms with Gasteiger partial charge in [-0.15, -0.1) is 0 Å². The van der Waals surface area contributed by atoms with Crippen molar-refractivity contribution >= 4 is 5.91 Å². The second kappa shape index (κ2) is 36.4. The van der Waals surface area contributed by atoms with Crippen molar-refractivity contribution in [2.75, 3.05) is 27.2 Å². The Kier molecular flexibility index (Phi) is 34.9. The lowest BCUT2D eigenvalue weighted by Gasteiger charge is -2.23. The molecule has 0 aromatic carbocycles. The Labute approximate surface area is 301 Å². The number of carbonyl (C=O) groups is 1. The van der Waals surface area contributed by atoms with Gasteiger partial charge in [0.15, 0.2) is 0 Å². The minimum Gasteiger partial charge on any atom is -0.377 e. The molecular weight excluding hydrogens is 589 g/mol. The van der Waals surface area contributed by atoms with Crippen LogP contribution in [0, 0.1) is 0 Å². The van der Waals surface area contributed by atoms with Gasteiger partial charge in [-0.25, -0.2) is 0 Å². The summed E-state index contributed by atoms with van der Waals surface area (Å²) < 4.78 is 0. The van der Waals surface area contributed by atoms with E-state index >= 15 is 0 Å². The Morgan fingerprint density at radius 3 is 1.44 bits per heavy atom. The topological polar surface area (TPSA) is 56.4 Å². The van der Waals surface area contributed by atoms with Crippen LogP contribution in [0.15, 0.2) is 36.8 Å². The summed E-state index contributed by atoms with van der Waals surface area (Å²) in [6.45, 7) is 14.4. The van der Waals surface area contributed by atoms with Crippen LogP contribution in [0.2, 0.25) is 0 Å². The summed E-state index contributed by atoms with van der Waals surface area (Å²) in [7, 11) is 3.95. The van der Waals surface area contributed by atoms with Crippen LogP contribution in [0.3, 0.4) is 0 Å². The van der Waals surface area contributed by atoms with Crippen molar-refractivity contribution in [3.8, 4) is 0 Å². The van der Waals surface area contributed by atoms with E-state index in [1.807, 2.05) is 19.0 Å². The van der Waals surface area contributed by atoms with Crippen LogP contribution in [0.5, 0.6) is 0 Å². The number of nitrogens with zero attached hydrogens (tertiary/aromatic N) is 1. The highest BCUT2D eigenvalue weighted by Gasteiger charge is 2.18. The predicted octanol–water partition coefficient (Wildman–Crippen LogP) is 12.1. The summed E-state index contributed by atoms with van der Waals surface area (Å²) in [6.07, 6.45) is 42.2. The van der Waals surface area contributed by atoms with Gasteiger partial charge in [-0.2, -0.15) is 0 Å². The number of carbonyl (C=O) groups excluding carboxylic acids is 1. The Balaban J connectivity index is 4.09. The van der Waals surface area contributed by atoms with Crippen LogP contribution in [-0.2, 0) is 4.79 Å². The lowest BCUT2D eigenvalue weighted by atomic mass is 10.0. The monoisotopic (exact) mass is 673 g/mol. The molecule has 1 atom stereocenters. The fourth-order valence-corrected chi connectivity index (χ4v) is 6.17. The van der Waals surface area contributed by atoms with E-state index in [0.29, 0.717) is 13.0 Å². The minimum absolute atomic E-state index is 0.0904. The third-order valence-corrected chi connectivity index (χ3v) is 9.57. The van der Waals surface area contributed by atoms with Crippen molar-refractivity contribution in [3.05, 3.63) is 36.8 Å². The average molecular weight is 673 g/mol. The molecule has 48 heavy (non-hydrogen) atoms. The van der Waals surface area contributed by atoms with Gasteiger partial charge >= 0.3 is 0 Å². The first-order chi connectivity index (χ1) is 23.4. The van der Waals surface area contributed by atoms with Crippen LogP contribution < -0.4 is 16.0 Å².